The summed E-state index contributed by atoms with van der Waals surface area (Å²) in [5.41, 5.74) is 0.993. The van der Waals surface area contributed by atoms with Crippen LogP contribution in [0.1, 0.15) is 45.0 Å². The predicted molar refractivity (Wildman–Crippen MR) is 81.4 cm³/mol. The summed E-state index contributed by atoms with van der Waals surface area (Å²) in [6.07, 6.45) is 2.76. The average molecular weight is 304 g/mol. The number of hydrogen-bond donors (Lipinski definition) is 1. The van der Waals surface area contributed by atoms with Gasteiger partial charge in [-0.15, -0.1) is 0 Å². The Morgan fingerprint density at radius 2 is 2.15 bits per heavy atom. The highest BCUT2D eigenvalue weighted by atomic mass is 35.5. The largest absolute Gasteiger partial charge is 0.382 e. The fraction of sp³-hybridized carbons (Fsp3) is 0.786. The van der Waals surface area contributed by atoms with Gasteiger partial charge in [0.2, 0.25) is 0 Å². The summed E-state index contributed by atoms with van der Waals surface area (Å²) in [7, 11) is 1.67. The molecule has 1 atom stereocenters. The Morgan fingerprint density at radius 3 is 2.75 bits per heavy atom. The van der Waals surface area contributed by atoms with Crippen LogP contribution in [-0.2, 0) is 9.47 Å². The molecule has 5 nitrogen and oxygen atoms in total. The van der Waals surface area contributed by atoms with E-state index in [1.54, 1.807) is 13.3 Å². The number of rotatable bonds is 10. The van der Waals surface area contributed by atoms with Crippen LogP contribution in [0, 0.1) is 0 Å². The summed E-state index contributed by atoms with van der Waals surface area (Å²) < 4.78 is 12.6. The number of nitrogens with zero attached hydrogens (tertiary/aromatic N) is 2. The molecule has 0 bridgehead atoms. The van der Waals surface area contributed by atoms with E-state index in [-0.39, 0.29) is 12.1 Å². The van der Waals surface area contributed by atoms with Gasteiger partial charge in [-0.2, -0.15) is 5.10 Å². The molecule has 0 saturated heterocycles. The van der Waals surface area contributed by atoms with Gasteiger partial charge in [-0.25, -0.2) is 0 Å². The first-order chi connectivity index (χ1) is 9.61. The molecule has 1 unspecified atom stereocenters. The fourth-order valence-corrected chi connectivity index (χ4v) is 2.25. The second-order valence-electron chi connectivity index (χ2n) is 4.99. The molecule has 1 aromatic heterocycles. The topological polar surface area (TPSA) is 48.3 Å². The second kappa shape index (κ2) is 9.34. The zero-order valence-corrected chi connectivity index (χ0v) is 13.6. The van der Waals surface area contributed by atoms with E-state index in [1.807, 2.05) is 4.68 Å². The molecule has 0 amide bonds. The van der Waals surface area contributed by atoms with Gasteiger partial charge in [0.15, 0.2) is 0 Å². The van der Waals surface area contributed by atoms with Crippen LogP contribution in [0.3, 0.4) is 0 Å². The van der Waals surface area contributed by atoms with Crippen LogP contribution in [0.5, 0.6) is 0 Å². The monoisotopic (exact) mass is 303 g/mol. The number of halogens is 1. The van der Waals surface area contributed by atoms with Crippen LogP contribution in [0.25, 0.3) is 0 Å². The molecule has 0 radical (unpaired) electrons. The zero-order chi connectivity index (χ0) is 15.0. The molecule has 0 aromatic carbocycles. The van der Waals surface area contributed by atoms with E-state index in [4.69, 9.17) is 21.1 Å². The van der Waals surface area contributed by atoms with E-state index in [0.29, 0.717) is 24.8 Å². The van der Waals surface area contributed by atoms with Gasteiger partial charge in [0.05, 0.1) is 42.8 Å². The number of methoxy groups -OCH3 is 1. The quantitative estimate of drug-likeness (QED) is 0.675. The number of nitrogens with one attached hydrogen (secondary N) is 1. The Labute approximate surface area is 126 Å². The summed E-state index contributed by atoms with van der Waals surface area (Å²) in [6.45, 7) is 8.97. The molecule has 1 rings (SSSR count). The maximum absolute atomic E-state index is 6.30. The molecule has 1 aromatic rings. The van der Waals surface area contributed by atoms with Crippen molar-refractivity contribution in [3.8, 4) is 0 Å². The minimum atomic E-state index is 0.0456. The third-order valence-electron chi connectivity index (χ3n) is 2.96. The van der Waals surface area contributed by atoms with E-state index < -0.39 is 0 Å². The van der Waals surface area contributed by atoms with Crippen LogP contribution in [0.15, 0.2) is 6.20 Å². The highest BCUT2D eigenvalue weighted by Crippen LogP contribution is 2.25. The van der Waals surface area contributed by atoms with E-state index >= 15 is 0 Å². The van der Waals surface area contributed by atoms with Crippen molar-refractivity contribution in [1.29, 1.82) is 0 Å². The van der Waals surface area contributed by atoms with Gasteiger partial charge in [0.1, 0.15) is 0 Å². The van der Waals surface area contributed by atoms with Crippen LogP contribution < -0.4 is 5.32 Å². The molecule has 0 aliphatic heterocycles. The molecule has 0 saturated carbocycles. The molecule has 0 aliphatic rings. The van der Waals surface area contributed by atoms with E-state index in [9.17, 15) is 0 Å². The van der Waals surface area contributed by atoms with Gasteiger partial charge in [0, 0.05) is 13.2 Å². The Balaban J connectivity index is 2.78. The van der Waals surface area contributed by atoms with Crippen molar-refractivity contribution in [3.63, 3.8) is 0 Å². The van der Waals surface area contributed by atoms with Crippen molar-refractivity contribution in [2.24, 2.45) is 0 Å². The lowest BCUT2D eigenvalue weighted by molar-refractivity contribution is 0.0572. The summed E-state index contributed by atoms with van der Waals surface area (Å²) >= 11 is 6.30. The molecular weight excluding hydrogens is 278 g/mol. The minimum absolute atomic E-state index is 0.0456. The maximum Gasteiger partial charge on any atom is 0.0835 e. The van der Waals surface area contributed by atoms with Crippen molar-refractivity contribution in [2.75, 3.05) is 33.5 Å². The van der Waals surface area contributed by atoms with Crippen LogP contribution >= 0.6 is 11.6 Å². The van der Waals surface area contributed by atoms with Crippen molar-refractivity contribution in [3.05, 3.63) is 16.9 Å². The van der Waals surface area contributed by atoms with Gasteiger partial charge >= 0.3 is 0 Å². The normalized spacial score (nSPS) is 13.1. The second-order valence-corrected chi connectivity index (χ2v) is 5.40. The molecule has 0 aliphatic carbocycles. The zero-order valence-electron chi connectivity index (χ0n) is 12.9. The van der Waals surface area contributed by atoms with Gasteiger partial charge in [-0.3, -0.25) is 4.68 Å². The Kier molecular flexibility index (Phi) is 8.14. The lowest BCUT2D eigenvalue weighted by Crippen LogP contribution is -2.30. The number of ether oxygens (including phenoxy) is 2. The van der Waals surface area contributed by atoms with Crippen molar-refractivity contribution >= 4 is 11.6 Å². The highest BCUT2D eigenvalue weighted by molar-refractivity contribution is 6.31. The van der Waals surface area contributed by atoms with Crippen molar-refractivity contribution in [1.82, 2.24) is 15.1 Å². The maximum atomic E-state index is 6.30. The molecule has 1 heterocycles. The molecule has 116 valence electrons. The summed E-state index contributed by atoms with van der Waals surface area (Å²) in [5.74, 6) is 0. The summed E-state index contributed by atoms with van der Waals surface area (Å²) in [4.78, 5) is 0. The summed E-state index contributed by atoms with van der Waals surface area (Å²) in [5, 5.41) is 8.51. The van der Waals surface area contributed by atoms with E-state index in [1.165, 1.54) is 0 Å². The fourth-order valence-electron chi connectivity index (χ4n) is 1.98. The Bertz CT molecular complexity index is 382. The predicted octanol–water partition coefficient (Wildman–Crippen LogP) is 2.82. The van der Waals surface area contributed by atoms with E-state index in [2.05, 4.69) is 31.2 Å². The van der Waals surface area contributed by atoms with Crippen molar-refractivity contribution in [2.45, 2.75) is 39.3 Å². The van der Waals surface area contributed by atoms with Crippen LogP contribution in [0.4, 0.5) is 0 Å². The minimum Gasteiger partial charge on any atom is -0.382 e. The van der Waals surface area contributed by atoms with Crippen LogP contribution in [-0.4, -0.2) is 43.3 Å². The molecular formula is C14H26ClN3O2. The van der Waals surface area contributed by atoms with Crippen molar-refractivity contribution < 1.29 is 9.47 Å². The third kappa shape index (κ3) is 5.05. The lowest BCUT2D eigenvalue weighted by Gasteiger charge is -2.22. The first-order valence-corrected chi connectivity index (χ1v) is 7.52. The smallest absolute Gasteiger partial charge is 0.0835 e. The van der Waals surface area contributed by atoms with Crippen LogP contribution in [0.2, 0.25) is 5.02 Å². The van der Waals surface area contributed by atoms with E-state index in [0.717, 1.165) is 18.7 Å². The molecule has 6 heteroatoms. The summed E-state index contributed by atoms with van der Waals surface area (Å²) in [6, 6.07) is 0.312. The number of aromatic nitrogens is 2. The molecule has 0 spiro atoms. The molecule has 1 N–H and O–H groups in total. The Morgan fingerprint density at radius 1 is 1.40 bits per heavy atom. The Hall–Kier alpha value is -0.620. The molecule has 20 heavy (non-hydrogen) atoms. The van der Waals surface area contributed by atoms with Gasteiger partial charge in [-0.1, -0.05) is 18.5 Å². The molecule has 0 fully saturated rings. The number of hydrogen-bond acceptors (Lipinski definition) is 4. The van der Waals surface area contributed by atoms with Gasteiger partial charge in [-0.05, 0) is 26.8 Å². The van der Waals surface area contributed by atoms with Gasteiger partial charge < -0.3 is 14.8 Å². The highest BCUT2D eigenvalue weighted by Gasteiger charge is 2.21. The van der Waals surface area contributed by atoms with Gasteiger partial charge in [0.25, 0.3) is 0 Å². The lowest BCUT2D eigenvalue weighted by atomic mass is 10.2. The third-order valence-corrected chi connectivity index (χ3v) is 3.25. The SMILES string of the molecule is CCCNC(COCCOC)c1c(Cl)cnn1C(C)C. The standard InChI is InChI=1S/C14H26ClN3O2/c1-5-6-16-13(10-20-8-7-19-4)14-12(15)9-17-18(14)11(2)3/h9,11,13,16H,5-8,10H2,1-4H3. The first-order valence-electron chi connectivity index (χ1n) is 7.14. The average Bonchev–Trinajstić information content (AvgIpc) is 2.80. The first kappa shape index (κ1) is 17.4.